The molecular formula is C30H48O4. The molecule has 4 aliphatic carbocycles. The summed E-state index contributed by atoms with van der Waals surface area (Å²) in [6.45, 7) is 17.5. The topological polar surface area (TPSA) is 66.9 Å². The monoisotopic (exact) mass is 472 g/mol. The van der Waals surface area contributed by atoms with Gasteiger partial charge in [0.2, 0.25) is 0 Å². The van der Waals surface area contributed by atoms with Crippen LogP contribution in [0.1, 0.15) is 120 Å². The second-order valence-corrected chi connectivity index (χ2v) is 14.8. The summed E-state index contributed by atoms with van der Waals surface area (Å²) >= 11 is 0. The molecule has 4 saturated carbocycles. The minimum Gasteiger partial charge on any atom is -0.383 e. The van der Waals surface area contributed by atoms with Crippen LogP contribution in [0.2, 0.25) is 0 Å². The largest absolute Gasteiger partial charge is 0.383 e. The van der Waals surface area contributed by atoms with Crippen LogP contribution in [-0.2, 0) is 14.3 Å². The van der Waals surface area contributed by atoms with Gasteiger partial charge in [-0.3, -0.25) is 9.59 Å². The molecule has 1 aliphatic heterocycles. The van der Waals surface area contributed by atoms with E-state index in [4.69, 9.17) is 4.74 Å². The minimum absolute atomic E-state index is 0.0437. The Bertz CT molecular complexity index is 915. The van der Waals surface area contributed by atoms with E-state index in [-0.39, 0.29) is 38.6 Å². The van der Waals surface area contributed by atoms with Gasteiger partial charge in [-0.1, -0.05) is 41.5 Å². The summed E-state index contributed by atoms with van der Waals surface area (Å²) in [5, 5.41) is 10.1. The van der Waals surface area contributed by atoms with Crippen molar-refractivity contribution in [3.8, 4) is 0 Å². The van der Waals surface area contributed by atoms with Crippen LogP contribution in [-0.4, -0.2) is 33.5 Å². The number of rotatable bonds is 5. The fourth-order valence-electron chi connectivity index (χ4n) is 10.6. The highest BCUT2D eigenvalue weighted by molar-refractivity contribution is 5.86. The van der Waals surface area contributed by atoms with Gasteiger partial charge in [-0.15, -0.1) is 0 Å². The van der Waals surface area contributed by atoms with Crippen molar-refractivity contribution in [1.82, 2.24) is 0 Å². The Labute approximate surface area is 207 Å². The molecule has 0 amide bonds. The zero-order valence-electron chi connectivity index (χ0n) is 23.0. The molecule has 1 N–H and O–H groups in total. The molecule has 0 aromatic carbocycles. The lowest BCUT2D eigenvalue weighted by atomic mass is 9.38. The molecule has 5 rings (SSSR count). The van der Waals surface area contributed by atoms with Gasteiger partial charge >= 0.3 is 0 Å². The average Bonchev–Trinajstić information content (AvgIpc) is 3.37. The number of fused-ring (bicyclic) bond motifs is 2. The second kappa shape index (κ2) is 6.97. The van der Waals surface area contributed by atoms with E-state index < -0.39 is 5.60 Å². The van der Waals surface area contributed by atoms with E-state index in [1.165, 1.54) is 19.3 Å². The summed E-state index contributed by atoms with van der Waals surface area (Å²) in [6.07, 6.45) is 9.88. The Kier molecular flexibility index (Phi) is 5.11. The molecule has 1 heterocycles. The predicted molar refractivity (Wildman–Crippen MR) is 133 cm³/mol. The molecule has 8 atom stereocenters. The molecule has 4 nitrogen and oxygen atoms in total. The number of ether oxygens (including phenoxy) is 1. The molecule has 0 bridgehead atoms. The van der Waals surface area contributed by atoms with Crippen LogP contribution >= 0.6 is 0 Å². The van der Waals surface area contributed by atoms with E-state index in [9.17, 15) is 14.7 Å². The number of hydrogen-bond acceptors (Lipinski definition) is 4. The maximum Gasteiger partial charge on any atom is 0.163 e. The van der Waals surface area contributed by atoms with E-state index in [1.807, 2.05) is 0 Å². The van der Waals surface area contributed by atoms with Gasteiger partial charge in [0.05, 0.1) is 0 Å². The Morgan fingerprint density at radius 2 is 1.68 bits per heavy atom. The third kappa shape index (κ3) is 2.68. The van der Waals surface area contributed by atoms with Gasteiger partial charge in [0, 0.05) is 29.1 Å². The third-order valence-electron chi connectivity index (χ3n) is 13.0. The summed E-state index contributed by atoms with van der Waals surface area (Å²) in [5.74, 6) is 1.85. The maximum atomic E-state index is 12.9. The van der Waals surface area contributed by atoms with E-state index in [0.717, 1.165) is 32.1 Å². The van der Waals surface area contributed by atoms with Crippen LogP contribution in [0.4, 0.5) is 0 Å². The van der Waals surface area contributed by atoms with Crippen molar-refractivity contribution >= 4 is 11.6 Å². The van der Waals surface area contributed by atoms with Gasteiger partial charge in [0.25, 0.3) is 0 Å². The van der Waals surface area contributed by atoms with Gasteiger partial charge in [-0.2, -0.15) is 0 Å². The van der Waals surface area contributed by atoms with Crippen LogP contribution in [0.25, 0.3) is 0 Å². The molecule has 7 unspecified atom stereocenters. The van der Waals surface area contributed by atoms with Crippen LogP contribution < -0.4 is 0 Å². The highest BCUT2D eigenvalue weighted by atomic mass is 16.6. The first-order valence-corrected chi connectivity index (χ1v) is 14.0. The van der Waals surface area contributed by atoms with Gasteiger partial charge in [0.1, 0.15) is 22.6 Å². The SMILES string of the molecule is CC(CCC(=O)C(C)(C)O)C1CC[C@]2(C)C1(C)CCC13OC12CCC1C(C)(C)C(=O)CCC13C. The quantitative estimate of drug-likeness (QED) is 0.479. The fourth-order valence-corrected chi connectivity index (χ4v) is 10.6. The zero-order valence-corrected chi connectivity index (χ0v) is 23.0. The van der Waals surface area contributed by atoms with Gasteiger partial charge in [0.15, 0.2) is 5.78 Å². The van der Waals surface area contributed by atoms with Crippen LogP contribution in [0.5, 0.6) is 0 Å². The Balaban J connectivity index is 1.42. The number of hydrogen-bond donors (Lipinski definition) is 1. The first-order valence-electron chi connectivity index (χ1n) is 14.0. The van der Waals surface area contributed by atoms with E-state index in [1.54, 1.807) is 13.8 Å². The summed E-state index contributed by atoms with van der Waals surface area (Å²) in [6, 6.07) is 0. The second-order valence-electron chi connectivity index (χ2n) is 14.8. The molecule has 34 heavy (non-hydrogen) atoms. The maximum absolute atomic E-state index is 12.9. The number of carbonyl (C=O) groups excluding carboxylic acids is 2. The highest BCUT2D eigenvalue weighted by Gasteiger charge is 2.90. The lowest BCUT2D eigenvalue weighted by Crippen LogP contribution is -2.65. The lowest BCUT2D eigenvalue weighted by Gasteiger charge is -2.62. The summed E-state index contributed by atoms with van der Waals surface area (Å²) in [4.78, 5) is 25.3. The van der Waals surface area contributed by atoms with Crippen molar-refractivity contribution in [2.45, 2.75) is 136 Å². The van der Waals surface area contributed by atoms with Crippen molar-refractivity contribution in [1.29, 1.82) is 0 Å². The molecule has 0 aromatic rings. The molecule has 0 radical (unpaired) electrons. The first kappa shape index (κ1) is 24.9. The number of epoxide rings is 1. The third-order valence-corrected chi connectivity index (χ3v) is 13.0. The summed E-state index contributed by atoms with van der Waals surface area (Å²) < 4.78 is 7.17. The van der Waals surface area contributed by atoms with Gasteiger partial charge < -0.3 is 9.84 Å². The first-order chi connectivity index (χ1) is 15.5. The smallest absolute Gasteiger partial charge is 0.163 e. The van der Waals surface area contributed by atoms with Gasteiger partial charge in [-0.05, 0) is 88.4 Å². The van der Waals surface area contributed by atoms with Crippen LogP contribution in [0.15, 0.2) is 0 Å². The van der Waals surface area contributed by atoms with Crippen LogP contribution in [0, 0.1) is 39.4 Å². The summed E-state index contributed by atoms with van der Waals surface area (Å²) in [7, 11) is 0. The normalized spacial score (nSPS) is 50.0. The molecule has 5 fully saturated rings. The summed E-state index contributed by atoms with van der Waals surface area (Å²) in [5.41, 5.74) is -1.18. The highest BCUT2D eigenvalue weighted by Crippen LogP contribution is 2.86. The molecule has 5 aliphatic rings. The molecule has 0 aromatic heterocycles. The molecule has 192 valence electrons. The van der Waals surface area contributed by atoms with Crippen molar-refractivity contribution in [3.63, 3.8) is 0 Å². The molecule has 4 heteroatoms. The molecule has 1 saturated heterocycles. The van der Waals surface area contributed by atoms with Crippen molar-refractivity contribution in [2.24, 2.45) is 39.4 Å². The van der Waals surface area contributed by atoms with Crippen molar-refractivity contribution < 1.29 is 19.4 Å². The zero-order chi connectivity index (χ0) is 25.2. The van der Waals surface area contributed by atoms with Crippen LogP contribution in [0.3, 0.4) is 0 Å². The van der Waals surface area contributed by atoms with Crippen molar-refractivity contribution in [2.75, 3.05) is 0 Å². The Morgan fingerprint density at radius 1 is 1.00 bits per heavy atom. The average molecular weight is 473 g/mol. The number of ketones is 2. The number of aliphatic hydroxyl groups is 1. The Hall–Kier alpha value is -0.740. The standard InChI is InChI=1S/C30H48O4/c1-19(9-10-23(32)25(4,5)33)20-11-15-28(8)26(20,6)17-18-29-27(7)14-13-22(31)24(2,3)21(27)12-16-30(28,29)34-29/h19-21,33H,9-18H2,1-8H3/t19?,20?,21?,26?,27?,28-,29?,30?/m1/s1. The fraction of sp³-hybridized carbons (Fsp3) is 0.933. The lowest BCUT2D eigenvalue weighted by molar-refractivity contribution is -0.154. The Morgan fingerprint density at radius 3 is 2.32 bits per heavy atom. The van der Waals surface area contributed by atoms with E-state index in [2.05, 4.69) is 41.5 Å². The number of Topliss-reactive ketones (excluding diaryl/α,β-unsaturated/α-hetero) is 2. The van der Waals surface area contributed by atoms with Crippen molar-refractivity contribution in [3.05, 3.63) is 0 Å². The number of carbonyl (C=O) groups is 2. The molecule has 0 spiro atoms. The molecular weight excluding hydrogens is 424 g/mol. The minimum atomic E-state index is -1.23. The van der Waals surface area contributed by atoms with E-state index in [0.29, 0.717) is 36.4 Å². The predicted octanol–water partition coefficient (Wildman–Crippen LogP) is 6.27. The van der Waals surface area contributed by atoms with Gasteiger partial charge in [-0.25, -0.2) is 0 Å². The van der Waals surface area contributed by atoms with E-state index >= 15 is 0 Å².